The largest absolute Gasteiger partial charge is 0.471 e. The molecule has 0 heterocycles. The molecule has 0 unspecified atom stereocenters. The lowest BCUT2D eigenvalue weighted by atomic mass is 10.5. The van der Waals surface area contributed by atoms with Crippen molar-refractivity contribution in [3.63, 3.8) is 0 Å². The van der Waals surface area contributed by atoms with Crippen LogP contribution in [0.5, 0.6) is 0 Å². The molecule has 150 valence electrons. The fraction of sp³-hybridized carbons (Fsp3) is 0.600. The number of nitrogens with one attached hydrogen (secondary N) is 4. The Hall–Kier alpha value is -2.94. The first-order valence-corrected chi connectivity index (χ1v) is 6.44. The van der Waals surface area contributed by atoms with Crippen LogP contribution in [0.25, 0.3) is 0 Å². The molecule has 0 atom stereocenters. The maximum Gasteiger partial charge on any atom is 0.471 e. The smallest absolute Gasteiger partial charge is 0.347 e. The molecule has 0 saturated heterocycles. The molecular weight excluding hydrogens is 386 g/mol. The molecule has 0 aliphatic carbocycles. The lowest BCUT2D eigenvalue weighted by Gasteiger charge is -2.09. The van der Waals surface area contributed by atoms with Gasteiger partial charge in [0.15, 0.2) is 0 Å². The van der Waals surface area contributed by atoms with Crippen molar-refractivity contribution < 1.29 is 55.3 Å². The summed E-state index contributed by atoms with van der Waals surface area (Å²) in [5.74, 6) is -4.44. The maximum absolute atomic E-state index is 11.8. The minimum atomic E-state index is -5.08. The third kappa shape index (κ3) is 10.8. The second-order valence-electron chi connectivity index (χ2n) is 4.10. The number of amides is 4. The molecule has 0 bridgehead atoms. The first-order chi connectivity index (χ1) is 11.8. The van der Waals surface area contributed by atoms with Gasteiger partial charge < -0.3 is 21.3 Å². The van der Waals surface area contributed by atoms with Crippen LogP contribution >= 0.6 is 0 Å². The summed E-state index contributed by atoms with van der Waals surface area (Å²) in [5, 5.41) is 6.48. The van der Waals surface area contributed by atoms with Gasteiger partial charge in [-0.2, -0.15) is 26.3 Å². The van der Waals surface area contributed by atoms with Gasteiger partial charge in [0.1, 0.15) is 0 Å². The third-order valence-electron chi connectivity index (χ3n) is 2.07. The molecule has 26 heavy (non-hydrogen) atoms. The van der Waals surface area contributed by atoms with Crippen LogP contribution in [0.4, 0.5) is 35.9 Å². The highest BCUT2D eigenvalue weighted by Crippen LogP contribution is 2.14. The molecule has 4 amide bonds. The first-order valence-electron chi connectivity index (χ1n) is 6.44. The number of alkyl halides is 6. The van der Waals surface area contributed by atoms with Crippen molar-refractivity contribution in [2.45, 2.75) is 12.4 Å². The lowest BCUT2D eigenvalue weighted by Crippen LogP contribution is -2.42. The molecular formula is C10H12F6N4O6. The first kappa shape index (κ1) is 23.1. The summed E-state index contributed by atoms with van der Waals surface area (Å²) in [6.07, 6.45) is -13.0. The second kappa shape index (κ2) is 10.1. The Morgan fingerprint density at radius 2 is 0.846 bits per heavy atom. The maximum atomic E-state index is 11.8. The van der Waals surface area contributed by atoms with Crippen LogP contribution in [-0.4, -0.2) is 62.5 Å². The van der Waals surface area contributed by atoms with Crippen LogP contribution in [-0.2, 0) is 19.4 Å². The number of halogens is 6. The van der Waals surface area contributed by atoms with E-state index in [2.05, 4.69) is 9.78 Å². The van der Waals surface area contributed by atoms with E-state index in [1.165, 1.54) is 10.6 Å². The zero-order valence-electron chi connectivity index (χ0n) is 12.5. The van der Waals surface area contributed by atoms with Gasteiger partial charge in [0.25, 0.3) is 0 Å². The van der Waals surface area contributed by atoms with E-state index in [4.69, 9.17) is 0 Å². The molecule has 0 aromatic carbocycles. The minimum absolute atomic E-state index is 0.491. The fourth-order valence-electron chi connectivity index (χ4n) is 1.02. The second-order valence-corrected chi connectivity index (χ2v) is 4.10. The van der Waals surface area contributed by atoms with Crippen LogP contribution in [0.2, 0.25) is 0 Å². The summed E-state index contributed by atoms with van der Waals surface area (Å²) in [6, 6.07) is 0. The highest BCUT2D eigenvalue weighted by molar-refractivity contribution is 5.82. The van der Waals surface area contributed by atoms with Crippen LogP contribution in [0, 0.1) is 0 Å². The average Bonchev–Trinajstić information content (AvgIpc) is 2.51. The Bertz CT molecular complexity index is 477. The Balaban J connectivity index is 3.75. The molecule has 0 saturated carbocycles. The van der Waals surface area contributed by atoms with Crippen molar-refractivity contribution >= 4 is 24.0 Å². The molecule has 0 aromatic rings. The average molecular weight is 398 g/mol. The number of carbonyl (C=O) groups is 4. The van der Waals surface area contributed by atoms with E-state index in [0.717, 1.165) is 0 Å². The van der Waals surface area contributed by atoms with Crippen molar-refractivity contribution in [1.29, 1.82) is 0 Å². The highest BCUT2D eigenvalue weighted by atomic mass is 19.4. The predicted octanol–water partition coefficient (Wildman–Crippen LogP) is -0.289. The Labute approximate surface area is 140 Å². The van der Waals surface area contributed by atoms with E-state index < -0.39 is 62.5 Å². The highest BCUT2D eigenvalue weighted by Gasteiger charge is 2.38. The molecule has 0 radical (unpaired) electrons. The number of hydrogen-bond acceptors (Lipinski definition) is 6. The Morgan fingerprint density at radius 1 is 0.577 bits per heavy atom. The number of rotatable bonds is 6. The molecule has 16 heteroatoms. The van der Waals surface area contributed by atoms with Gasteiger partial charge in [-0.25, -0.2) is 19.4 Å². The summed E-state index contributed by atoms with van der Waals surface area (Å²) in [5.41, 5.74) is 0. The third-order valence-corrected chi connectivity index (χ3v) is 2.07. The zero-order chi connectivity index (χ0) is 20.4. The van der Waals surface area contributed by atoms with Gasteiger partial charge in [0.05, 0.1) is 0 Å². The fourth-order valence-corrected chi connectivity index (χ4v) is 1.02. The quantitative estimate of drug-likeness (QED) is 0.210. The van der Waals surface area contributed by atoms with E-state index in [9.17, 15) is 45.5 Å². The SMILES string of the molecule is O=C(NCCNC(=O)C(F)(F)F)OOC(=O)NCCNC(=O)C(F)(F)F. The van der Waals surface area contributed by atoms with Gasteiger partial charge in [-0.3, -0.25) is 9.59 Å². The van der Waals surface area contributed by atoms with Crippen LogP contribution in [0.15, 0.2) is 0 Å². The van der Waals surface area contributed by atoms with Crippen molar-refractivity contribution in [2.75, 3.05) is 26.2 Å². The topological polar surface area (TPSA) is 135 Å². The van der Waals surface area contributed by atoms with E-state index in [1.54, 1.807) is 0 Å². The van der Waals surface area contributed by atoms with Gasteiger partial charge in [-0.15, -0.1) is 0 Å². The molecule has 0 aliphatic heterocycles. The standard InChI is InChI=1S/C10H12F6N4O6/c11-9(12,13)5(21)17-1-3-19-7(23)25-26-8(24)20-4-2-18-6(22)10(14,15)16/h1-4H2,(H,17,21)(H,18,22)(H,19,23)(H,20,24). The van der Waals surface area contributed by atoms with Crippen molar-refractivity contribution in [1.82, 2.24) is 21.3 Å². The van der Waals surface area contributed by atoms with Crippen LogP contribution < -0.4 is 21.3 Å². The molecule has 10 nitrogen and oxygen atoms in total. The summed E-state index contributed by atoms with van der Waals surface area (Å²) < 4.78 is 70.8. The van der Waals surface area contributed by atoms with Gasteiger partial charge in [-0.1, -0.05) is 0 Å². The van der Waals surface area contributed by atoms with Gasteiger partial charge in [0.2, 0.25) is 0 Å². The summed E-state index contributed by atoms with van der Waals surface area (Å²) in [6.45, 7) is -2.18. The van der Waals surface area contributed by atoms with Crippen LogP contribution in [0.1, 0.15) is 0 Å². The molecule has 0 fully saturated rings. The summed E-state index contributed by atoms with van der Waals surface area (Å²) >= 11 is 0. The molecule has 0 rings (SSSR count). The normalized spacial score (nSPS) is 11.2. The van der Waals surface area contributed by atoms with E-state index in [1.807, 2.05) is 10.6 Å². The number of hydrogen-bond donors (Lipinski definition) is 4. The van der Waals surface area contributed by atoms with E-state index in [0.29, 0.717) is 0 Å². The zero-order valence-corrected chi connectivity index (χ0v) is 12.5. The molecule has 0 aromatic heterocycles. The Morgan fingerprint density at radius 3 is 1.12 bits per heavy atom. The van der Waals surface area contributed by atoms with Crippen molar-refractivity contribution in [3.8, 4) is 0 Å². The van der Waals surface area contributed by atoms with Gasteiger partial charge in [0, 0.05) is 26.2 Å². The van der Waals surface area contributed by atoms with Crippen molar-refractivity contribution in [3.05, 3.63) is 0 Å². The monoisotopic (exact) mass is 398 g/mol. The Kier molecular flexibility index (Phi) is 9.00. The minimum Gasteiger partial charge on any atom is -0.347 e. The lowest BCUT2D eigenvalue weighted by molar-refractivity contribution is -0.179. The number of carbonyl (C=O) groups excluding carboxylic acids is 4. The molecule has 0 aliphatic rings. The van der Waals surface area contributed by atoms with Crippen molar-refractivity contribution in [2.24, 2.45) is 0 Å². The van der Waals surface area contributed by atoms with E-state index in [-0.39, 0.29) is 0 Å². The molecule has 0 spiro atoms. The van der Waals surface area contributed by atoms with E-state index >= 15 is 0 Å². The summed E-state index contributed by atoms with van der Waals surface area (Å²) in [4.78, 5) is 50.4. The predicted molar refractivity (Wildman–Crippen MR) is 67.1 cm³/mol. The van der Waals surface area contributed by atoms with Gasteiger partial charge in [-0.05, 0) is 0 Å². The van der Waals surface area contributed by atoms with Gasteiger partial charge >= 0.3 is 36.4 Å². The van der Waals surface area contributed by atoms with Crippen LogP contribution in [0.3, 0.4) is 0 Å². The summed E-state index contributed by atoms with van der Waals surface area (Å²) in [7, 11) is 0. The molecule has 4 N–H and O–H groups in total.